The van der Waals surface area contributed by atoms with E-state index in [9.17, 15) is 14.9 Å². The van der Waals surface area contributed by atoms with Crippen LogP contribution in [0.5, 0.6) is 0 Å². The molecule has 2 aromatic carbocycles. The van der Waals surface area contributed by atoms with Gasteiger partial charge in [0, 0.05) is 30.4 Å². The summed E-state index contributed by atoms with van der Waals surface area (Å²) in [6.07, 6.45) is 0.679. The molecule has 7 heteroatoms. The van der Waals surface area contributed by atoms with E-state index in [4.69, 9.17) is 4.98 Å². The zero-order valence-corrected chi connectivity index (χ0v) is 18.2. The zero-order chi connectivity index (χ0) is 22.8. The van der Waals surface area contributed by atoms with Crippen LogP contribution in [0.15, 0.2) is 53.3 Å². The highest BCUT2D eigenvalue weighted by atomic mass is 16.1. The molecular weight excluding hydrogens is 402 g/mol. The minimum Gasteiger partial charge on any atom is -0.327 e. The fourth-order valence-corrected chi connectivity index (χ4v) is 3.99. The predicted octanol–water partition coefficient (Wildman–Crippen LogP) is 3.99. The monoisotopic (exact) mass is 425 g/mol. The number of imidazole rings is 1. The number of hydrogen-bond acceptors (Lipinski definition) is 4. The molecule has 0 saturated heterocycles. The van der Waals surface area contributed by atoms with Crippen molar-refractivity contribution in [1.29, 1.82) is 5.26 Å². The number of aryl methyl sites for hydroxylation is 2. The van der Waals surface area contributed by atoms with E-state index in [1.165, 1.54) is 0 Å². The van der Waals surface area contributed by atoms with Crippen molar-refractivity contribution in [3.8, 4) is 17.5 Å². The van der Waals surface area contributed by atoms with Crippen molar-refractivity contribution >= 4 is 22.6 Å². The van der Waals surface area contributed by atoms with Gasteiger partial charge in [0.25, 0.3) is 5.56 Å². The number of pyridine rings is 1. The van der Waals surface area contributed by atoms with Gasteiger partial charge in [0.15, 0.2) is 0 Å². The maximum Gasteiger partial charge on any atom is 0.266 e. The Labute approximate surface area is 185 Å². The summed E-state index contributed by atoms with van der Waals surface area (Å²) in [6.45, 7) is 3.52. The molecule has 0 aliphatic heterocycles. The Hall–Kier alpha value is -4.18. The number of nitrogens with one attached hydrogen (secondary N) is 2. The van der Waals surface area contributed by atoms with Gasteiger partial charge in [0.05, 0.1) is 11.0 Å². The fourth-order valence-electron chi connectivity index (χ4n) is 3.99. The number of hydrogen-bond donors (Lipinski definition) is 2. The van der Waals surface area contributed by atoms with Gasteiger partial charge >= 0.3 is 0 Å². The normalized spacial score (nSPS) is 10.8. The number of carbonyl (C=O) groups excluding carboxylic acids is 1. The Morgan fingerprint density at radius 3 is 2.56 bits per heavy atom. The van der Waals surface area contributed by atoms with E-state index in [2.05, 4.69) is 10.3 Å². The van der Waals surface area contributed by atoms with Crippen molar-refractivity contribution in [2.24, 2.45) is 7.05 Å². The molecule has 0 aliphatic carbocycles. The lowest BCUT2D eigenvalue weighted by Crippen LogP contribution is -2.18. The van der Waals surface area contributed by atoms with Crippen LogP contribution in [0.4, 0.5) is 5.69 Å². The number of carbonyl (C=O) groups is 1. The summed E-state index contributed by atoms with van der Waals surface area (Å²) in [5.41, 5.74) is 5.52. The Kier molecular flexibility index (Phi) is 5.61. The summed E-state index contributed by atoms with van der Waals surface area (Å²) in [7, 11) is 1.98. The van der Waals surface area contributed by atoms with E-state index < -0.39 is 5.56 Å². The number of para-hydroxylation sites is 2. The second kappa shape index (κ2) is 8.52. The molecule has 160 valence electrons. The fraction of sp³-hybridized carbons (Fsp3) is 0.200. The third-order valence-electron chi connectivity index (χ3n) is 5.74. The van der Waals surface area contributed by atoms with E-state index >= 15 is 0 Å². The topological polar surface area (TPSA) is 104 Å². The number of nitrogens with zero attached hydrogens (tertiary/aromatic N) is 3. The van der Waals surface area contributed by atoms with Crippen LogP contribution in [-0.4, -0.2) is 20.4 Å². The number of nitriles is 1. The summed E-state index contributed by atoms with van der Waals surface area (Å²) in [4.78, 5) is 31.7. The molecule has 0 bridgehead atoms. The molecule has 0 fully saturated rings. The van der Waals surface area contributed by atoms with Gasteiger partial charge in [-0.15, -0.1) is 0 Å². The largest absolute Gasteiger partial charge is 0.327 e. The first kappa shape index (κ1) is 21.1. The van der Waals surface area contributed by atoms with E-state index in [0.717, 1.165) is 28.0 Å². The van der Waals surface area contributed by atoms with Crippen molar-refractivity contribution in [3.63, 3.8) is 0 Å². The molecular formula is C25H23N5O2. The first-order valence-electron chi connectivity index (χ1n) is 10.3. The van der Waals surface area contributed by atoms with E-state index in [-0.39, 0.29) is 17.9 Å². The number of fused-ring (bicyclic) bond motifs is 1. The Bertz CT molecular complexity index is 1420. The molecule has 0 atom stereocenters. The van der Waals surface area contributed by atoms with Crippen LogP contribution in [0.1, 0.15) is 28.8 Å². The minimum absolute atomic E-state index is 0.101. The van der Waals surface area contributed by atoms with Crippen LogP contribution in [0.3, 0.4) is 0 Å². The summed E-state index contributed by atoms with van der Waals surface area (Å²) in [6, 6.07) is 17.5. The lowest BCUT2D eigenvalue weighted by atomic mass is 9.99. The summed E-state index contributed by atoms with van der Waals surface area (Å²) in [5, 5.41) is 12.1. The van der Waals surface area contributed by atoms with Crippen molar-refractivity contribution in [2.45, 2.75) is 26.7 Å². The summed E-state index contributed by atoms with van der Waals surface area (Å²) >= 11 is 0. The van der Waals surface area contributed by atoms with Crippen LogP contribution >= 0.6 is 0 Å². The number of anilines is 1. The highest BCUT2D eigenvalue weighted by molar-refractivity contribution is 5.91. The number of aromatic amines is 1. The molecule has 0 unspecified atom stereocenters. The van der Waals surface area contributed by atoms with E-state index in [1.807, 2.05) is 66.2 Å². The molecule has 7 nitrogen and oxygen atoms in total. The molecule has 0 aliphatic rings. The van der Waals surface area contributed by atoms with Gasteiger partial charge in [-0.3, -0.25) is 9.59 Å². The first-order valence-corrected chi connectivity index (χ1v) is 10.3. The lowest BCUT2D eigenvalue weighted by Gasteiger charge is -2.11. The van der Waals surface area contributed by atoms with Crippen LogP contribution in [0.2, 0.25) is 0 Å². The van der Waals surface area contributed by atoms with Gasteiger partial charge in [-0.1, -0.05) is 12.1 Å². The summed E-state index contributed by atoms with van der Waals surface area (Å²) in [5.74, 6) is 0.727. The third kappa shape index (κ3) is 3.91. The maximum absolute atomic E-state index is 12.5. The predicted molar refractivity (Wildman–Crippen MR) is 124 cm³/mol. The van der Waals surface area contributed by atoms with Crippen LogP contribution in [0, 0.1) is 25.2 Å². The second-order valence-corrected chi connectivity index (χ2v) is 7.78. The molecule has 1 amide bonds. The number of amides is 1. The van der Waals surface area contributed by atoms with Crippen molar-refractivity contribution < 1.29 is 4.79 Å². The van der Waals surface area contributed by atoms with Crippen molar-refractivity contribution in [3.05, 3.63) is 81.3 Å². The zero-order valence-electron chi connectivity index (χ0n) is 18.2. The minimum atomic E-state index is -0.392. The molecule has 4 rings (SSSR count). The molecule has 2 N–H and O–H groups in total. The van der Waals surface area contributed by atoms with Crippen molar-refractivity contribution in [1.82, 2.24) is 14.5 Å². The quantitative estimate of drug-likeness (QED) is 0.504. The Balaban J connectivity index is 1.45. The van der Waals surface area contributed by atoms with Crippen LogP contribution in [0.25, 0.3) is 22.4 Å². The number of aromatic nitrogens is 3. The Morgan fingerprint density at radius 2 is 1.88 bits per heavy atom. The third-order valence-corrected chi connectivity index (χ3v) is 5.74. The Morgan fingerprint density at radius 1 is 1.16 bits per heavy atom. The van der Waals surface area contributed by atoms with Crippen LogP contribution < -0.4 is 10.9 Å². The highest BCUT2D eigenvalue weighted by Gasteiger charge is 2.14. The van der Waals surface area contributed by atoms with Crippen LogP contribution in [-0.2, 0) is 18.3 Å². The first-order chi connectivity index (χ1) is 15.4. The molecule has 0 spiro atoms. The maximum atomic E-state index is 12.5. The molecule has 0 radical (unpaired) electrons. The van der Waals surface area contributed by atoms with Crippen molar-refractivity contribution in [2.75, 3.05) is 5.32 Å². The van der Waals surface area contributed by atoms with Gasteiger partial charge in [-0.2, -0.15) is 5.26 Å². The second-order valence-electron chi connectivity index (χ2n) is 7.78. The summed E-state index contributed by atoms with van der Waals surface area (Å²) < 4.78 is 2.05. The standard InChI is InChI=1S/C25H23N5O2/c1-15-19(16(2)27-25(32)20(15)14-26)12-13-23(31)28-18-10-8-17(9-11-18)24-29-21-6-4-5-7-22(21)30(24)3/h4-11H,12-13H2,1-3H3,(H,27,32)(H,28,31). The number of H-pyrrole nitrogens is 1. The highest BCUT2D eigenvalue weighted by Crippen LogP contribution is 2.25. The number of benzene rings is 2. The van der Waals surface area contributed by atoms with Gasteiger partial charge in [0.2, 0.25) is 5.91 Å². The van der Waals surface area contributed by atoms with E-state index in [0.29, 0.717) is 23.4 Å². The smallest absolute Gasteiger partial charge is 0.266 e. The van der Waals surface area contributed by atoms with Gasteiger partial charge < -0.3 is 14.9 Å². The molecule has 0 saturated carbocycles. The van der Waals surface area contributed by atoms with Gasteiger partial charge in [-0.05, 0) is 67.8 Å². The lowest BCUT2D eigenvalue weighted by molar-refractivity contribution is -0.116. The molecule has 4 aromatic rings. The average Bonchev–Trinajstić information content (AvgIpc) is 3.11. The number of rotatable bonds is 5. The molecule has 32 heavy (non-hydrogen) atoms. The average molecular weight is 425 g/mol. The molecule has 2 aromatic heterocycles. The van der Waals surface area contributed by atoms with Gasteiger partial charge in [0.1, 0.15) is 17.5 Å². The van der Waals surface area contributed by atoms with Gasteiger partial charge in [-0.25, -0.2) is 4.98 Å². The van der Waals surface area contributed by atoms with E-state index in [1.54, 1.807) is 13.8 Å². The molecule has 2 heterocycles. The SMILES string of the molecule is Cc1[nH]c(=O)c(C#N)c(C)c1CCC(=O)Nc1ccc(-c2nc3ccccc3n2C)cc1.